The van der Waals surface area contributed by atoms with E-state index in [1.165, 1.54) is 16.8 Å². The highest BCUT2D eigenvalue weighted by molar-refractivity contribution is 9.10. The summed E-state index contributed by atoms with van der Waals surface area (Å²) in [5.74, 6) is 0. The largest absolute Gasteiger partial charge is 0.364 e. The van der Waals surface area contributed by atoms with Crippen LogP contribution in [-0.2, 0) is 6.54 Å². The van der Waals surface area contributed by atoms with E-state index >= 15 is 0 Å². The Morgan fingerprint density at radius 1 is 1.41 bits per heavy atom. The van der Waals surface area contributed by atoms with Crippen LogP contribution in [0.2, 0.25) is 0 Å². The van der Waals surface area contributed by atoms with Crippen molar-refractivity contribution < 1.29 is 0 Å². The second-order valence-corrected chi connectivity index (χ2v) is 5.57. The van der Waals surface area contributed by atoms with Gasteiger partial charge in [0.2, 0.25) is 0 Å². The lowest BCUT2D eigenvalue weighted by Crippen LogP contribution is -2.32. The van der Waals surface area contributed by atoms with Crippen LogP contribution in [0.4, 0.5) is 5.69 Å². The molecule has 0 atom stereocenters. The van der Waals surface area contributed by atoms with E-state index in [0.29, 0.717) is 6.04 Å². The minimum absolute atomic E-state index is 0.478. The van der Waals surface area contributed by atoms with Crippen molar-refractivity contribution in [3.05, 3.63) is 34.4 Å². The Bertz CT molecular complexity index is 560. The van der Waals surface area contributed by atoms with E-state index in [2.05, 4.69) is 63.1 Å². The van der Waals surface area contributed by atoms with Gasteiger partial charge in [-0.2, -0.15) is 5.10 Å². The van der Waals surface area contributed by atoms with Crippen LogP contribution in [-0.4, -0.2) is 16.2 Å². The van der Waals surface area contributed by atoms with Crippen LogP contribution in [0.15, 0.2) is 28.9 Å². The number of halogens is 1. The molecule has 1 N–H and O–H groups in total. The normalized spacial score (nSPS) is 13.8. The van der Waals surface area contributed by atoms with Gasteiger partial charge in [-0.1, -0.05) is 15.9 Å². The molecule has 1 aliphatic heterocycles. The number of hydrogen-bond donors (Lipinski definition) is 1. The van der Waals surface area contributed by atoms with Gasteiger partial charge in [0, 0.05) is 33.9 Å². The molecule has 88 valence electrons. The van der Waals surface area contributed by atoms with Gasteiger partial charge in [0.1, 0.15) is 0 Å². The lowest BCUT2D eigenvalue weighted by atomic mass is 9.99. The standard InChI is InChI=1S/C13H14BrN3/c1-8(2)17-7-9-6-15-16-13(9)11-4-3-10(14)5-12(11)17/h3-6,8H,7H2,1-2H3,(H,15,16). The minimum Gasteiger partial charge on any atom is -0.364 e. The maximum Gasteiger partial charge on any atom is 0.0721 e. The number of aromatic nitrogens is 2. The summed E-state index contributed by atoms with van der Waals surface area (Å²) in [6, 6.07) is 6.88. The topological polar surface area (TPSA) is 31.9 Å². The quantitative estimate of drug-likeness (QED) is 0.871. The lowest BCUT2D eigenvalue weighted by Gasteiger charge is -2.34. The molecule has 0 aliphatic carbocycles. The van der Waals surface area contributed by atoms with Crippen molar-refractivity contribution >= 4 is 21.6 Å². The Labute approximate surface area is 109 Å². The van der Waals surface area contributed by atoms with Crippen molar-refractivity contribution in [1.29, 1.82) is 0 Å². The number of anilines is 1. The molecule has 1 aromatic carbocycles. The van der Waals surface area contributed by atoms with Crippen LogP contribution >= 0.6 is 15.9 Å². The fourth-order valence-corrected chi connectivity index (χ4v) is 2.70. The molecule has 3 nitrogen and oxygen atoms in total. The molecular formula is C13H14BrN3. The predicted molar refractivity (Wildman–Crippen MR) is 73.0 cm³/mol. The highest BCUT2D eigenvalue weighted by Gasteiger charge is 2.25. The molecule has 1 aliphatic rings. The van der Waals surface area contributed by atoms with Gasteiger partial charge >= 0.3 is 0 Å². The van der Waals surface area contributed by atoms with Gasteiger partial charge in [-0.15, -0.1) is 0 Å². The fourth-order valence-electron chi connectivity index (χ4n) is 2.35. The summed E-state index contributed by atoms with van der Waals surface area (Å²) in [5, 5.41) is 7.26. The zero-order valence-corrected chi connectivity index (χ0v) is 11.5. The second-order valence-electron chi connectivity index (χ2n) is 4.65. The third-order valence-corrected chi connectivity index (χ3v) is 3.71. The van der Waals surface area contributed by atoms with Gasteiger partial charge in [-0.3, -0.25) is 5.10 Å². The molecule has 0 saturated carbocycles. The van der Waals surface area contributed by atoms with Crippen molar-refractivity contribution in [1.82, 2.24) is 10.2 Å². The van der Waals surface area contributed by atoms with Crippen molar-refractivity contribution in [2.45, 2.75) is 26.4 Å². The molecule has 0 unspecified atom stereocenters. The summed E-state index contributed by atoms with van der Waals surface area (Å²) in [6.45, 7) is 5.36. The third kappa shape index (κ3) is 1.67. The predicted octanol–water partition coefficient (Wildman–Crippen LogP) is 3.57. The first-order chi connectivity index (χ1) is 8.16. The zero-order valence-electron chi connectivity index (χ0n) is 9.87. The average molecular weight is 292 g/mol. The van der Waals surface area contributed by atoms with E-state index in [9.17, 15) is 0 Å². The number of fused-ring (bicyclic) bond motifs is 3. The van der Waals surface area contributed by atoms with Crippen LogP contribution in [0.25, 0.3) is 11.3 Å². The number of aromatic amines is 1. The van der Waals surface area contributed by atoms with Crippen LogP contribution in [0.1, 0.15) is 19.4 Å². The van der Waals surface area contributed by atoms with E-state index < -0.39 is 0 Å². The lowest BCUT2D eigenvalue weighted by molar-refractivity contribution is 0.678. The van der Waals surface area contributed by atoms with Crippen molar-refractivity contribution in [3.8, 4) is 11.3 Å². The van der Waals surface area contributed by atoms with E-state index in [-0.39, 0.29) is 0 Å². The van der Waals surface area contributed by atoms with Gasteiger partial charge in [0.15, 0.2) is 0 Å². The molecule has 0 spiro atoms. The first kappa shape index (κ1) is 10.8. The van der Waals surface area contributed by atoms with Gasteiger partial charge in [-0.25, -0.2) is 0 Å². The first-order valence-electron chi connectivity index (χ1n) is 5.75. The third-order valence-electron chi connectivity index (χ3n) is 3.22. The van der Waals surface area contributed by atoms with Crippen LogP contribution in [0.5, 0.6) is 0 Å². The van der Waals surface area contributed by atoms with Gasteiger partial charge < -0.3 is 4.90 Å². The Morgan fingerprint density at radius 2 is 2.24 bits per heavy atom. The molecule has 4 heteroatoms. The van der Waals surface area contributed by atoms with E-state index in [4.69, 9.17) is 0 Å². The fraction of sp³-hybridized carbons (Fsp3) is 0.308. The number of nitrogens with zero attached hydrogens (tertiary/aromatic N) is 2. The number of nitrogens with one attached hydrogen (secondary N) is 1. The minimum atomic E-state index is 0.478. The number of rotatable bonds is 1. The number of benzene rings is 1. The summed E-state index contributed by atoms with van der Waals surface area (Å²) >= 11 is 3.55. The van der Waals surface area contributed by atoms with Crippen LogP contribution in [0, 0.1) is 0 Å². The van der Waals surface area contributed by atoms with Crippen molar-refractivity contribution in [2.24, 2.45) is 0 Å². The molecule has 2 heterocycles. The molecule has 0 radical (unpaired) electrons. The van der Waals surface area contributed by atoms with Gasteiger partial charge in [0.25, 0.3) is 0 Å². The SMILES string of the molecule is CC(C)N1Cc2cn[nH]c2-c2ccc(Br)cc21. The Balaban J connectivity index is 2.23. The molecule has 2 aromatic rings. The number of H-pyrrole nitrogens is 1. The average Bonchev–Trinajstić information content (AvgIpc) is 2.75. The molecule has 3 rings (SSSR count). The monoisotopic (exact) mass is 291 g/mol. The Hall–Kier alpha value is -1.29. The first-order valence-corrected chi connectivity index (χ1v) is 6.55. The van der Waals surface area contributed by atoms with Gasteiger partial charge in [0.05, 0.1) is 11.9 Å². The molecule has 0 fully saturated rings. The summed E-state index contributed by atoms with van der Waals surface area (Å²) in [6.07, 6.45) is 1.93. The van der Waals surface area contributed by atoms with Crippen LogP contribution < -0.4 is 4.90 Å². The smallest absolute Gasteiger partial charge is 0.0721 e. The zero-order chi connectivity index (χ0) is 12.0. The summed E-state index contributed by atoms with van der Waals surface area (Å²) in [4.78, 5) is 2.40. The van der Waals surface area contributed by atoms with Crippen molar-refractivity contribution in [2.75, 3.05) is 4.90 Å². The Morgan fingerprint density at radius 3 is 3.00 bits per heavy atom. The van der Waals surface area contributed by atoms with E-state index in [0.717, 1.165) is 16.7 Å². The summed E-state index contributed by atoms with van der Waals surface area (Å²) < 4.78 is 1.12. The molecule has 1 aromatic heterocycles. The van der Waals surface area contributed by atoms with E-state index in [1.54, 1.807) is 0 Å². The summed E-state index contributed by atoms with van der Waals surface area (Å²) in [5.41, 5.74) is 4.93. The Kier molecular flexibility index (Phi) is 2.47. The highest BCUT2D eigenvalue weighted by Crippen LogP contribution is 2.40. The van der Waals surface area contributed by atoms with E-state index in [1.807, 2.05) is 6.20 Å². The number of hydrogen-bond acceptors (Lipinski definition) is 2. The molecular weight excluding hydrogens is 278 g/mol. The molecule has 17 heavy (non-hydrogen) atoms. The molecule has 0 saturated heterocycles. The van der Waals surface area contributed by atoms with Crippen LogP contribution in [0.3, 0.4) is 0 Å². The van der Waals surface area contributed by atoms with Crippen molar-refractivity contribution in [3.63, 3.8) is 0 Å². The maximum absolute atomic E-state index is 4.16. The molecule has 0 bridgehead atoms. The maximum atomic E-state index is 4.16. The second kappa shape index (κ2) is 3.88. The molecule has 0 amide bonds. The van der Waals surface area contributed by atoms with Gasteiger partial charge in [-0.05, 0) is 32.0 Å². The summed E-state index contributed by atoms with van der Waals surface area (Å²) in [7, 11) is 0. The highest BCUT2D eigenvalue weighted by atomic mass is 79.9.